The van der Waals surface area contributed by atoms with E-state index in [-0.39, 0.29) is 11.8 Å². The third-order valence-electron chi connectivity index (χ3n) is 4.55. The molecule has 5 heteroatoms. The number of nitrogens with one attached hydrogen (secondary N) is 2. The standard InChI is InChI=1S/C18H24N4O/c1-13-17(12-20-18(23)15-7-6-10-19-11-15)14(2)22(21-13)16-8-4-3-5-9-16/h3-5,8-9,15,19H,6-7,10-12H2,1-2H3,(H,20,23). The van der Waals surface area contributed by atoms with Crippen molar-refractivity contribution in [3.63, 3.8) is 0 Å². The average molecular weight is 312 g/mol. The first-order valence-electron chi connectivity index (χ1n) is 8.26. The summed E-state index contributed by atoms with van der Waals surface area (Å²) in [6, 6.07) is 10.1. The van der Waals surface area contributed by atoms with Gasteiger partial charge in [0, 0.05) is 24.3 Å². The Balaban J connectivity index is 1.71. The van der Waals surface area contributed by atoms with Gasteiger partial charge in [0.25, 0.3) is 0 Å². The van der Waals surface area contributed by atoms with Crippen LogP contribution >= 0.6 is 0 Å². The Hall–Kier alpha value is -2.14. The van der Waals surface area contributed by atoms with Crippen molar-refractivity contribution >= 4 is 5.91 Å². The summed E-state index contributed by atoms with van der Waals surface area (Å²) >= 11 is 0. The lowest BCUT2D eigenvalue weighted by atomic mass is 9.99. The summed E-state index contributed by atoms with van der Waals surface area (Å²) in [6.07, 6.45) is 2.04. The molecule has 1 aliphatic heterocycles. The lowest BCUT2D eigenvalue weighted by Gasteiger charge is -2.21. The van der Waals surface area contributed by atoms with Gasteiger partial charge in [-0.1, -0.05) is 18.2 Å². The minimum absolute atomic E-state index is 0.0912. The second kappa shape index (κ2) is 6.96. The van der Waals surface area contributed by atoms with Crippen molar-refractivity contribution in [2.45, 2.75) is 33.2 Å². The Labute approximate surface area is 137 Å². The van der Waals surface area contributed by atoms with Gasteiger partial charge in [0.1, 0.15) is 0 Å². The summed E-state index contributed by atoms with van der Waals surface area (Å²) < 4.78 is 1.94. The number of benzene rings is 1. The highest BCUT2D eigenvalue weighted by Gasteiger charge is 2.21. The van der Waals surface area contributed by atoms with E-state index in [2.05, 4.69) is 22.7 Å². The van der Waals surface area contributed by atoms with E-state index < -0.39 is 0 Å². The molecule has 0 radical (unpaired) electrons. The maximum atomic E-state index is 12.3. The first kappa shape index (κ1) is 15.7. The number of carbonyl (C=O) groups is 1. The van der Waals surface area contributed by atoms with Crippen LogP contribution in [0.5, 0.6) is 0 Å². The molecule has 0 bridgehead atoms. The molecule has 1 aromatic heterocycles. The predicted molar refractivity (Wildman–Crippen MR) is 90.5 cm³/mol. The van der Waals surface area contributed by atoms with E-state index in [1.165, 1.54) is 0 Å². The first-order chi connectivity index (χ1) is 11.2. The van der Waals surface area contributed by atoms with Crippen LogP contribution in [0.1, 0.15) is 29.8 Å². The third kappa shape index (κ3) is 3.45. The van der Waals surface area contributed by atoms with E-state index >= 15 is 0 Å². The average Bonchev–Trinajstić information content (AvgIpc) is 2.88. The molecule has 1 unspecified atom stereocenters. The van der Waals surface area contributed by atoms with Gasteiger partial charge in [0.05, 0.1) is 17.3 Å². The van der Waals surface area contributed by atoms with Crippen molar-refractivity contribution in [3.05, 3.63) is 47.3 Å². The fraction of sp³-hybridized carbons (Fsp3) is 0.444. The van der Waals surface area contributed by atoms with Gasteiger partial charge in [-0.15, -0.1) is 0 Å². The molecule has 1 fully saturated rings. The number of aryl methyl sites for hydroxylation is 1. The topological polar surface area (TPSA) is 59.0 Å². The predicted octanol–water partition coefficient (Wildman–Crippen LogP) is 2.10. The maximum absolute atomic E-state index is 12.3. The minimum Gasteiger partial charge on any atom is -0.352 e. The maximum Gasteiger partial charge on any atom is 0.224 e. The van der Waals surface area contributed by atoms with Crippen molar-refractivity contribution in [1.29, 1.82) is 0 Å². The zero-order chi connectivity index (χ0) is 16.2. The zero-order valence-corrected chi connectivity index (χ0v) is 13.8. The van der Waals surface area contributed by atoms with Gasteiger partial charge in [-0.05, 0) is 45.4 Å². The van der Waals surface area contributed by atoms with E-state index in [0.29, 0.717) is 6.54 Å². The van der Waals surface area contributed by atoms with E-state index in [1.807, 2.05) is 41.9 Å². The smallest absolute Gasteiger partial charge is 0.224 e. The molecule has 1 atom stereocenters. The second-order valence-electron chi connectivity index (χ2n) is 6.16. The number of aromatic nitrogens is 2. The molecule has 1 saturated heterocycles. The second-order valence-corrected chi connectivity index (χ2v) is 6.16. The summed E-state index contributed by atoms with van der Waals surface area (Å²) in [5.74, 6) is 0.233. The van der Waals surface area contributed by atoms with Crippen LogP contribution in [0.2, 0.25) is 0 Å². The Morgan fingerprint density at radius 2 is 2.13 bits per heavy atom. The SMILES string of the molecule is Cc1nn(-c2ccccc2)c(C)c1CNC(=O)C1CCCNC1. The van der Waals surface area contributed by atoms with Crippen LogP contribution in [0, 0.1) is 19.8 Å². The summed E-state index contributed by atoms with van der Waals surface area (Å²) in [5.41, 5.74) is 4.19. The van der Waals surface area contributed by atoms with Gasteiger partial charge in [0.2, 0.25) is 5.91 Å². The van der Waals surface area contributed by atoms with Crippen LogP contribution < -0.4 is 10.6 Å². The number of piperidine rings is 1. The van der Waals surface area contributed by atoms with Crippen LogP contribution in [0.4, 0.5) is 0 Å². The quantitative estimate of drug-likeness (QED) is 0.909. The molecule has 1 aromatic carbocycles. The fourth-order valence-corrected chi connectivity index (χ4v) is 3.15. The lowest BCUT2D eigenvalue weighted by Crippen LogP contribution is -2.40. The van der Waals surface area contributed by atoms with Crippen molar-refractivity contribution in [3.8, 4) is 5.69 Å². The number of carbonyl (C=O) groups excluding carboxylic acids is 1. The summed E-state index contributed by atoms with van der Waals surface area (Å²) in [4.78, 5) is 12.3. The Morgan fingerprint density at radius 1 is 1.35 bits per heavy atom. The molecule has 1 amide bonds. The number of rotatable bonds is 4. The largest absolute Gasteiger partial charge is 0.352 e. The molecule has 0 aliphatic carbocycles. The van der Waals surface area contributed by atoms with Crippen molar-refractivity contribution < 1.29 is 4.79 Å². The lowest BCUT2D eigenvalue weighted by molar-refractivity contribution is -0.125. The molecule has 0 spiro atoms. The highest BCUT2D eigenvalue weighted by Crippen LogP contribution is 2.18. The Bertz CT molecular complexity index is 672. The van der Waals surface area contributed by atoms with E-state index in [0.717, 1.165) is 48.6 Å². The van der Waals surface area contributed by atoms with Gasteiger partial charge in [-0.2, -0.15) is 5.10 Å². The molecule has 0 saturated carbocycles. The van der Waals surface area contributed by atoms with Gasteiger partial charge in [0.15, 0.2) is 0 Å². The van der Waals surface area contributed by atoms with Crippen LogP contribution in [0.25, 0.3) is 5.69 Å². The molecule has 3 rings (SSSR count). The van der Waals surface area contributed by atoms with E-state index in [4.69, 9.17) is 0 Å². The zero-order valence-electron chi connectivity index (χ0n) is 13.8. The van der Waals surface area contributed by atoms with Crippen LogP contribution in [-0.2, 0) is 11.3 Å². The fourth-order valence-electron chi connectivity index (χ4n) is 3.15. The molecule has 2 heterocycles. The summed E-state index contributed by atoms with van der Waals surface area (Å²) in [5, 5.41) is 11.0. The first-order valence-corrected chi connectivity index (χ1v) is 8.26. The van der Waals surface area contributed by atoms with Crippen molar-refractivity contribution in [2.75, 3.05) is 13.1 Å². The van der Waals surface area contributed by atoms with E-state index in [1.54, 1.807) is 0 Å². The molecule has 122 valence electrons. The van der Waals surface area contributed by atoms with Gasteiger partial charge in [-0.25, -0.2) is 4.68 Å². The Kier molecular flexibility index (Phi) is 4.76. The highest BCUT2D eigenvalue weighted by atomic mass is 16.1. The molecule has 23 heavy (non-hydrogen) atoms. The van der Waals surface area contributed by atoms with E-state index in [9.17, 15) is 4.79 Å². The number of amides is 1. The molecule has 2 aromatic rings. The molecule has 1 aliphatic rings. The van der Waals surface area contributed by atoms with Crippen LogP contribution in [0.3, 0.4) is 0 Å². The minimum atomic E-state index is 0.0912. The molecule has 5 nitrogen and oxygen atoms in total. The van der Waals surface area contributed by atoms with Crippen molar-refractivity contribution in [2.24, 2.45) is 5.92 Å². The number of nitrogens with zero attached hydrogens (tertiary/aromatic N) is 2. The number of hydrogen-bond acceptors (Lipinski definition) is 3. The summed E-state index contributed by atoms with van der Waals surface area (Å²) in [7, 11) is 0. The van der Waals surface area contributed by atoms with Crippen LogP contribution in [0.15, 0.2) is 30.3 Å². The van der Waals surface area contributed by atoms with Gasteiger partial charge >= 0.3 is 0 Å². The molecular weight excluding hydrogens is 288 g/mol. The van der Waals surface area contributed by atoms with Crippen molar-refractivity contribution in [1.82, 2.24) is 20.4 Å². The van der Waals surface area contributed by atoms with Crippen LogP contribution in [-0.4, -0.2) is 28.8 Å². The van der Waals surface area contributed by atoms with Gasteiger partial charge in [-0.3, -0.25) is 4.79 Å². The Morgan fingerprint density at radius 3 is 2.83 bits per heavy atom. The highest BCUT2D eigenvalue weighted by molar-refractivity contribution is 5.79. The monoisotopic (exact) mass is 312 g/mol. The number of hydrogen-bond donors (Lipinski definition) is 2. The molecular formula is C18H24N4O. The normalized spacial score (nSPS) is 17.9. The molecule has 2 N–H and O–H groups in total. The third-order valence-corrected chi connectivity index (χ3v) is 4.55. The van der Waals surface area contributed by atoms with Gasteiger partial charge < -0.3 is 10.6 Å². The summed E-state index contributed by atoms with van der Waals surface area (Å²) in [6.45, 7) is 6.39. The number of para-hydroxylation sites is 1.